The molecule has 5 nitrogen and oxygen atoms in total. The molecule has 1 aromatic rings. The Labute approximate surface area is 106 Å². The molecule has 0 aliphatic rings. The van der Waals surface area contributed by atoms with E-state index in [4.69, 9.17) is 0 Å². The van der Waals surface area contributed by atoms with Gasteiger partial charge in [0.25, 0.3) is 5.91 Å². The summed E-state index contributed by atoms with van der Waals surface area (Å²) in [5, 5.41) is 2.66. The number of rotatable bonds is 5. The number of sulfonamides is 1. The number of hydrogen-bond donors (Lipinski definition) is 3. The molecule has 0 saturated carbocycles. The number of carbonyl (C=O) groups is 1. The quantitative estimate of drug-likeness (QED) is 0.693. The molecule has 0 aliphatic carbocycles. The summed E-state index contributed by atoms with van der Waals surface area (Å²) < 4.78 is 24.2. The van der Waals surface area contributed by atoms with Gasteiger partial charge in [-0.15, -0.1) is 0 Å². The molecule has 0 fully saturated rings. The summed E-state index contributed by atoms with van der Waals surface area (Å²) in [5.41, 5.74) is 0.907. The first-order chi connectivity index (χ1) is 7.92. The SMILES string of the molecule is CS(=O)(=O)Nc1ccc(C(=O)NCCS)cc1. The molecule has 2 N–H and O–H groups in total. The number of benzene rings is 1. The number of amides is 1. The second-order valence-electron chi connectivity index (χ2n) is 3.43. The molecule has 0 heterocycles. The van der Waals surface area contributed by atoms with E-state index >= 15 is 0 Å². The van der Waals surface area contributed by atoms with E-state index in [0.717, 1.165) is 6.26 Å². The topological polar surface area (TPSA) is 75.3 Å². The number of anilines is 1. The summed E-state index contributed by atoms with van der Waals surface area (Å²) in [4.78, 5) is 11.5. The zero-order valence-corrected chi connectivity index (χ0v) is 11.0. The lowest BCUT2D eigenvalue weighted by Gasteiger charge is -2.06. The molecule has 0 spiro atoms. The van der Waals surface area contributed by atoms with Crippen LogP contribution in [0.3, 0.4) is 0 Å². The molecular weight excluding hydrogens is 260 g/mol. The number of carbonyl (C=O) groups excluding carboxylic acids is 1. The maximum atomic E-state index is 11.5. The van der Waals surface area contributed by atoms with Crippen LogP contribution >= 0.6 is 12.6 Å². The summed E-state index contributed by atoms with van der Waals surface area (Å²) >= 11 is 3.98. The molecule has 94 valence electrons. The van der Waals surface area contributed by atoms with Crippen LogP contribution in [0.2, 0.25) is 0 Å². The number of nitrogens with one attached hydrogen (secondary N) is 2. The van der Waals surface area contributed by atoms with E-state index in [9.17, 15) is 13.2 Å². The number of thiol groups is 1. The Morgan fingerprint density at radius 3 is 2.35 bits per heavy atom. The normalized spacial score (nSPS) is 10.9. The van der Waals surface area contributed by atoms with Crippen LogP contribution < -0.4 is 10.0 Å². The highest BCUT2D eigenvalue weighted by Crippen LogP contribution is 2.10. The summed E-state index contributed by atoms with van der Waals surface area (Å²) in [6, 6.07) is 6.19. The summed E-state index contributed by atoms with van der Waals surface area (Å²) in [5.74, 6) is 0.365. The van der Waals surface area contributed by atoms with E-state index < -0.39 is 10.0 Å². The minimum atomic E-state index is -3.29. The van der Waals surface area contributed by atoms with Crippen molar-refractivity contribution in [3.05, 3.63) is 29.8 Å². The van der Waals surface area contributed by atoms with Crippen LogP contribution in [0.25, 0.3) is 0 Å². The van der Waals surface area contributed by atoms with Gasteiger partial charge in [0, 0.05) is 23.5 Å². The molecule has 1 aromatic carbocycles. The third-order valence-corrected chi connectivity index (χ3v) is 2.68. The second-order valence-corrected chi connectivity index (χ2v) is 5.63. The molecule has 0 bridgehead atoms. The van der Waals surface area contributed by atoms with Crippen molar-refractivity contribution in [2.45, 2.75) is 0 Å². The fraction of sp³-hybridized carbons (Fsp3) is 0.300. The molecule has 1 rings (SSSR count). The van der Waals surface area contributed by atoms with Crippen molar-refractivity contribution in [1.29, 1.82) is 0 Å². The monoisotopic (exact) mass is 274 g/mol. The zero-order chi connectivity index (χ0) is 12.9. The maximum Gasteiger partial charge on any atom is 0.251 e. The molecule has 0 saturated heterocycles. The second kappa shape index (κ2) is 5.92. The molecular formula is C10H14N2O3S2. The first-order valence-electron chi connectivity index (χ1n) is 4.89. The van der Waals surface area contributed by atoms with Crippen molar-refractivity contribution < 1.29 is 13.2 Å². The Bertz CT molecular complexity index is 483. The molecule has 0 unspecified atom stereocenters. The van der Waals surface area contributed by atoms with Gasteiger partial charge in [0.05, 0.1) is 6.26 Å². The first-order valence-corrected chi connectivity index (χ1v) is 7.41. The average Bonchev–Trinajstić information content (AvgIpc) is 2.24. The van der Waals surface area contributed by atoms with E-state index in [2.05, 4.69) is 22.7 Å². The van der Waals surface area contributed by atoms with Crippen molar-refractivity contribution in [3.63, 3.8) is 0 Å². The zero-order valence-electron chi connectivity index (χ0n) is 9.30. The Kier molecular flexibility index (Phi) is 4.83. The highest BCUT2D eigenvalue weighted by atomic mass is 32.2. The van der Waals surface area contributed by atoms with Gasteiger partial charge >= 0.3 is 0 Å². The van der Waals surface area contributed by atoms with E-state index in [1.165, 1.54) is 12.1 Å². The smallest absolute Gasteiger partial charge is 0.251 e. The lowest BCUT2D eigenvalue weighted by molar-refractivity contribution is 0.0956. The Morgan fingerprint density at radius 1 is 1.29 bits per heavy atom. The van der Waals surface area contributed by atoms with Crippen LogP contribution in [-0.4, -0.2) is 32.9 Å². The van der Waals surface area contributed by atoms with Gasteiger partial charge in [-0.3, -0.25) is 9.52 Å². The minimum Gasteiger partial charge on any atom is -0.351 e. The third-order valence-electron chi connectivity index (χ3n) is 1.85. The van der Waals surface area contributed by atoms with Crippen LogP contribution in [-0.2, 0) is 10.0 Å². The van der Waals surface area contributed by atoms with Gasteiger partial charge < -0.3 is 5.32 Å². The van der Waals surface area contributed by atoms with Crippen molar-refractivity contribution >= 4 is 34.2 Å². The molecule has 0 aliphatic heterocycles. The van der Waals surface area contributed by atoms with E-state index in [0.29, 0.717) is 23.5 Å². The third kappa shape index (κ3) is 5.10. The summed E-state index contributed by atoms with van der Waals surface area (Å²) in [6.45, 7) is 0.491. The predicted molar refractivity (Wildman–Crippen MR) is 71.1 cm³/mol. The van der Waals surface area contributed by atoms with Gasteiger partial charge in [0.15, 0.2) is 0 Å². The molecule has 0 radical (unpaired) electrons. The lowest BCUT2D eigenvalue weighted by atomic mass is 10.2. The largest absolute Gasteiger partial charge is 0.351 e. The van der Waals surface area contributed by atoms with E-state index in [-0.39, 0.29) is 5.91 Å². The van der Waals surface area contributed by atoms with Crippen LogP contribution in [0.15, 0.2) is 24.3 Å². The first kappa shape index (κ1) is 13.9. The van der Waals surface area contributed by atoms with E-state index in [1.807, 2.05) is 0 Å². The van der Waals surface area contributed by atoms with Crippen molar-refractivity contribution in [1.82, 2.24) is 5.32 Å². The Morgan fingerprint density at radius 2 is 1.88 bits per heavy atom. The van der Waals surface area contributed by atoms with Crippen LogP contribution in [0.5, 0.6) is 0 Å². The van der Waals surface area contributed by atoms with E-state index in [1.54, 1.807) is 12.1 Å². The van der Waals surface area contributed by atoms with Crippen LogP contribution in [0.1, 0.15) is 10.4 Å². The standard InChI is InChI=1S/C10H14N2O3S2/c1-17(14,15)12-9-4-2-8(3-5-9)10(13)11-6-7-16/h2-5,12,16H,6-7H2,1H3,(H,11,13). The highest BCUT2D eigenvalue weighted by Gasteiger charge is 2.05. The maximum absolute atomic E-state index is 11.5. The van der Waals surface area contributed by atoms with Gasteiger partial charge in [-0.1, -0.05) is 0 Å². The average molecular weight is 274 g/mol. The molecule has 7 heteroatoms. The van der Waals surface area contributed by atoms with Crippen LogP contribution in [0, 0.1) is 0 Å². The van der Waals surface area contributed by atoms with Gasteiger partial charge in [0.1, 0.15) is 0 Å². The molecule has 17 heavy (non-hydrogen) atoms. The predicted octanol–water partition coefficient (Wildman–Crippen LogP) is 0.718. The Hall–Kier alpha value is -1.21. The van der Waals surface area contributed by atoms with Gasteiger partial charge in [-0.05, 0) is 24.3 Å². The lowest BCUT2D eigenvalue weighted by Crippen LogP contribution is -2.25. The molecule has 1 amide bonds. The number of hydrogen-bond acceptors (Lipinski definition) is 4. The van der Waals surface area contributed by atoms with Gasteiger partial charge in [-0.25, -0.2) is 8.42 Å². The fourth-order valence-corrected chi connectivity index (χ4v) is 1.85. The Balaban J connectivity index is 2.71. The fourth-order valence-electron chi connectivity index (χ4n) is 1.18. The van der Waals surface area contributed by atoms with Gasteiger partial charge in [-0.2, -0.15) is 12.6 Å². The molecule has 0 aromatic heterocycles. The van der Waals surface area contributed by atoms with Crippen molar-refractivity contribution in [2.24, 2.45) is 0 Å². The van der Waals surface area contributed by atoms with Crippen molar-refractivity contribution in [3.8, 4) is 0 Å². The van der Waals surface area contributed by atoms with Crippen LogP contribution in [0.4, 0.5) is 5.69 Å². The highest BCUT2D eigenvalue weighted by molar-refractivity contribution is 7.92. The summed E-state index contributed by atoms with van der Waals surface area (Å²) in [7, 11) is -3.29. The van der Waals surface area contributed by atoms with Crippen molar-refractivity contribution in [2.75, 3.05) is 23.3 Å². The van der Waals surface area contributed by atoms with Gasteiger partial charge in [0.2, 0.25) is 10.0 Å². The molecule has 0 atom stereocenters. The summed E-state index contributed by atoms with van der Waals surface area (Å²) in [6.07, 6.45) is 1.07. The minimum absolute atomic E-state index is 0.204.